The summed E-state index contributed by atoms with van der Waals surface area (Å²) in [5.74, 6) is 0.165. The predicted octanol–water partition coefficient (Wildman–Crippen LogP) is 3.70. The second-order valence-electron chi connectivity index (χ2n) is 6.26. The van der Waals surface area contributed by atoms with Crippen molar-refractivity contribution in [2.75, 3.05) is 26.2 Å². The molecule has 7 heteroatoms. The summed E-state index contributed by atoms with van der Waals surface area (Å²) in [4.78, 5) is 17.3. The predicted molar refractivity (Wildman–Crippen MR) is 105 cm³/mol. The van der Waals surface area contributed by atoms with E-state index in [-0.39, 0.29) is 11.9 Å². The van der Waals surface area contributed by atoms with Gasteiger partial charge in [-0.2, -0.15) is 5.10 Å². The Morgan fingerprint density at radius 1 is 1.20 bits per heavy atom. The molecule has 5 nitrogen and oxygen atoms in total. The summed E-state index contributed by atoms with van der Waals surface area (Å²) in [6.45, 7) is 6.26. The van der Waals surface area contributed by atoms with E-state index in [0.29, 0.717) is 0 Å². The van der Waals surface area contributed by atoms with E-state index in [1.807, 2.05) is 24.1 Å². The van der Waals surface area contributed by atoms with Crippen molar-refractivity contribution in [3.05, 3.63) is 51.2 Å². The first kappa shape index (κ1) is 18.6. The minimum Gasteiger partial charge on any atom is -0.338 e. The van der Waals surface area contributed by atoms with Crippen molar-refractivity contribution >= 4 is 37.8 Å². The molecule has 25 heavy (non-hydrogen) atoms. The van der Waals surface area contributed by atoms with Crippen LogP contribution in [0.1, 0.15) is 24.9 Å². The van der Waals surface area contributed by atoms with Crippen LogP contribution in [0.5, 0.6) is 0 Å². The SMILES string of the molecule is CCC(C(=O)N1CCN(Cc2ccccc2Br)CC1)n1cc(Br)cn1. The van der Waals surface area contributed by atoms with Gasteiger partial charge in [-0.1, -0.05) is 41.1 Å². The standard InChI is InChI=1S/C18H22Br2N4O/c1-2-17(24-13-15(19)11-21-24)18(25)23-9-7-22(8-10-23)12-14-5-3-4-6-16(14)20/h3-6,11,13,17H,2,7-10,12H2,1H3. The van der Waals surface area contributed by atoms with E-state index in [1.165, 1.54) is 5.56 Å². The van der Waals surface area contributed by atoms with Gasteiger partial charge in [-0.05, 0) is 34.0 Å². The largest absolute Gasteiger partial charge is 0.338 e. The van der Waals surface area contributed by atoms with E-state index in [0.717, 1.165) is 48.1 Å². The molecule has 1 saturated heterocycles. The van der Waals surface area contributed by atoms with Crippen molar-refractivity contribution in [1.29, 1.82) is 0 Å². The van der Waals surface area contributed by atoms with Crippen LogP contribution in [-0.4, -0.2) is 51.7 Å². The van der Waals surface area contributed by atoms with Crippen LogP contribution in [0.15, 0.2) is 45.6 Å². The zero-order chi connectivity index (χ0) is 17.8. The Hall–Kier alpha value is -1.18. The van der Waals surface area contributed by atoms with Crippen molar-refractivity contribution in [2.24, 2.45) is 0 Å². The molecule has 0 N–H and O–H groups in total. The molecule has 1 aromatic heterocycles. The number of amides is 1. The average molecular weight is 470 g/mol. The van der Waals surface area contributed by atoms with Crippen molar-refractivity contribution in [3.8, 4) is 0 Å². The molecule has 0 saturated carbocycles. The fourth-order valence-corrected chi connectivity index (χ4v) is 3.88. The van der Waals surface area contributed by atoms with E-state index < -0.39 is 0 Å². The maximum absolute atomic E-state index is 12.9. The van der Waals surface area contributed by atoms with Crippen LogP contribution in [0.4, 0.5) is 0 Å². The Labute approximate surface area is 165 Å². The lowest BCUT2D eigenvalue weighted by atomic mass is 10.1. The second kappa shape index (κ2) is 8.47. The molecule has 1 fully saturated rings. The van der Waals surface area contributed by atoms with Gasteiger partial charge in [-0.3, -0.25) is 14.4 Å². The smallest absolute Gasteiger partial charge is 0.247 e. The molecule has 1 aliphatic rings. The molecule has 0 spiro atoms. The van der Waals surface area contributed by atoms with Crippen LogP contribution in [0, 0.1) is 0 Å². The molecule has 0 bridgehead atoms. The van der Waals surface area contributed by atoms with E-state index in [9.17, 15) is 4.79 Å². The number of piperazine rings is 1. The molecular weight excluding hydrogens is 448 g/mol. The molecule has 1 unspecified atom stereocenters. The molecule has 0 radical (unpaired) electrons. The van der Waals surface area contributed by atoms with Crippen LogP contribution < -0.4 is 0 Å². The van der Waals surface area contributed by atoms with Gasteiger partial charge in [-0.25, -0.2) is 0 Å². The minimum absolute atomic E-state index is 0.165. The summed E-state index contributed by atoms with van der Waals surface area (Å²) in [6, 6.07) is 8.09. The third-order valence-corrected chi connectivity index (χ3v) is 5.78. The lowest BCUT2D eigenvalue weighted by Crippen LogP contribution is -2.50. The molecule has 1 atom stereocenters. The van der Waals surface area contributed by atoms with Crippen molar-refractivity contribution in [1.82, 2.24) is 19.6 Å². The highest BCUT2D eigenvalue weighted by Crippen LogP contribution is 2.21. The highest BCUT2D eigenvalue weighted by molar-refractivity contribution is 9.10. The second-order valence-corrected chi connectivity index (χ2v) is 8.03. The zero-order valence-corrected chi connectivity index (χ0v) is 17.4. The van der Waals surface area contributed by atoms with Crippen LogP contribution in [0.3, 0.4) is 0 Å². The van der Waals surface area contributed by atoms with Gasteiger partial charge in [-0.15, -0.1) is 0 Å². The third-order valence-electron chi connectivity index (χ3n) is 4.60. The number of aromatic nitrogens is 2. The number of hydrogen-bond donors (Lipinski definition) is 0. The number of hydrogen-bond acceptors (Lipinski definition) is 3. The molecule has 1 amide bonds. The number of rotatable bonds is 5. The summed E-state index contributed by atoms with van der Waals surface area (Å²) in [7, 11) is 0. The van der Waals surface area contributed by atoms with Gasteiger partial charge in [0.25, 0.3) is 0 Å². The van der Waals surface area contributed by atoms with Gasteiger partial charge in [0.1, 0.15) is 6.04 Å². The van der Waals surface area contributed by atoms with Crippen LogP contribution in [0.2, 0.25) is 0 Å². The first-order chi connectivity index (χ1) is 12.1. The number of benzene rings is 1. The Kier molecular flexibility index (Phi) is 6.30. The summed E-state index contributed by atoms with van der Waals surface area (Å²) < 4.78 is 3.81. The molecule has 3 rings (SSSR count). The van der Waals surface area contributed by atoms with Gasteiger partial charge in [0, 0.05) is 43.4 Å². The summed E-state index contributed by atoms with van der Waals surface area (Å²) in [6.07, 6.45) is 4.34. The Morgan fingerprint density at radius 2 is 1.92 bits per heavy atom. The highest BCUT2D eigenvalue weighted by atomic mass is 79.9. The van der Waals surface area contributed by atoms with Crippen LogP contribution >= 0.6 is 31.9 Å². The highest BCUT2D eigenvalue weighted by Gasteiger charge is 2.28. The van der Waals surface area contributed by atoms with Gasteiger partial charge >= 0.3 is 0 Å². The van der Waals surface area contributed by atoms with E-state index >= 15 is 0 Å². The van der Waals surface area contributed by atoms with Crippen LogP contribution in [0.25, 0.3) is 0 Å². The lowest BCUT2D eigenvalue weighted by Gasteiger charge is -2.36. The number of nitrogens with zero attached hydrogens (tertiary/aromatic N) is 4. The molecule has 134 valence electrons. The van der Waals surface area contributed by atoms with Crippen molar-refractivity contribution in [2.45, 2.75) is 25.9 Å². The van der Waals surface area contributed by atoms with Crippen molar-refractivity contribution < 1.29 is 4.79 Å². The summed E-state index contributed by atoms with van der Waals surface area (Å²) >= 11 is 7.01. The monoisotopic (exact) mass is 468 g/mol. The Morgan fingerprint density at radius 3 is 2.52 bits per heavy atom. The number of carbonyl (C=O) groups excluding carboxylic acids is 1. The minimum atomic E-state index is -0.221. The summed E-state index contributed by atoms with van der Waals surface area (Å²) in [5.41, 5.74) is 1.29. The molecule has 1 aliphatic heterocycles. The maximum Gasteiger partial charge on any atom is 0.247 e. The topological polar surface area (TPSA) is 41.4 Å². The third kappa shape index (κ3) is 4.51. The van der Waals surface area contributed by atoms with Crippen LogP contribution in [-0.2, 0) is 11.3 Å². The zero-order valence-electron chi connectivity index (χ0n) is 14.2. The molecule has 1 aromatic carbocycles. The maximum atomic E-state index is 12.9. The molecular formula is C18H22Br2N4O. The number of carbonyl (C=O) groups is 1. The molecule has 0 aliphatic carbocycles. The van der Waals surface area contributed by atoms with Gasteiger partial charge in [0.05, 0.1) is 10.7 Å². The molecule has 2 heterocycles. The first-order valence-corrected chi connectivity index (χ1v) is 10.1. The van der Waals surface area contributed by atoms with E-state index in [2.05, 4.69) is 60.1 Å². The average Bonchev–Trinajstić information content (AvgIpc) is 3.04. The Bertz CT molecular complexity index is 725. The quantitative estimate of drug-likeness (QED) is 0.670. The molecule has 2 aromatic rings. The van der Waals surface area contributed by atoms with E-state index in [1.54, 1.807) is 10.9 Å². The summed E-state index contributed by atoms with van der Waals surface area (Å²) in [5, 5.41) is 4.29. The van der Waals surface area contributed by atoms with Gasteiger partial charge < -0.3 is 4.90 Å². The first-order valence-electron chi connectivity index (χ1n) is 8.52. The number of halogens is 2. The normalized spacial score (nSPS) is 16.8. The van der Waals surface area contributed by atoms with Gasteiger partial charge in [0.15, 0.2) is 0 Å². The fraction of sp³-hybridized carbons (Fsp3) is 0.444. The Balaban J connectivity index is 1.58. The fourth-order valence-electron chi connectivity index (χ4n) is 3.16. The lowest BCUT2D eigenvalue weighted by molar-refractivity contribution is -0.137. The van der Waals surface area contributed by atoms with Crippen molar-refractivity contribution in [3.63, 3.8) is 0 Å². The van der Waals surface area contributed by atoms with Gasteiger partial charge in [0.2, 0.25) is 5.91 Å². The van der Waals surface area contributed by atoms with E-state index in [4.69, 9.17) is 0 Å².